The lowest BCUT2D eigenvalue weighted by Gasteiger charge is -2.17. The lowest BCUT2D eigenvalue weighted by molar-refractivity contribution is 0.0822. The van der Waals surface area contributed by atoms with Crippen LogP contribution in [0.1, 0.15) is 24.3 Å². The van der Waals surface area contributed by atoms with Gasteiger partial charge in [0.1, 0.15) is 10.6 Å². The number of aromatic nitrogens is 1. The van der Waals surface area contributed by atoms with Crippen LogP contribution in [0.3, 0.4) is 0 Å². The van der Waals surface area contributed by atoms with Gasteiger partial charge >= 0.3 is 0 Å². The maximum atomic E-state index is 12.2. The highest BCUT2D eigenvalue weighted by molar-refractivity contribution is 7.89. The Morgan fingerprint density at radius 3 is 2.28 bits per heavy atom. The smallest absolute Gasteiger partial charge is 0.269 e. The Balaban J connectivity index is 3.09. The first-order valence-corrected chi connectivity index (χ1v) is 7.18. The minimum absolute atomic E-state index is 0.122. The number of hydrogen-bond donors (Lipinski definition) is 1. The highest BCUT2D eigenvalue weighted by atomic mass is 32.2. The van der Waals surface area contributed by atoms with E-state index in [-0.39, 0.29) is 16.5 Å². The van der Waals surface area contributed by atoms with Crippen molar-refractivity contribution in [2.45, 2.75) is 18.7 Å². The first-order valence-electron chi connectivity index (χ1n) is 5.74. The van der Waals surface area contributed by atoms with Gasteiger partial charge in [-0.25, -0.2) is 8.42 Å². The molecule has 0 spiro atoms. The molecular formula is C11H19N3O3S. The van der Waals surface area contributed by atoms with Crippen LogP contribution in [0.2, 0.25) is 0 Å². The summed E-state index contributed by atoms with van der Waals surface area (Å²) in [7, 11) is -0.283. The molecule has 1 rings (SSSR count). The van der Waals surface area contributed by atoms with Crippen LogP contribution in [0.15, 0.2) is 17.2 Å². The molecule has 7 heteroatoms. The van der Waals surface area contributed by atoms with Crippen LogP contribution in [0, 0.1) is 0 Å². The fourth-order valence-corrected chi connectivity index (χ4v) is 3.05. The molecule has 6 nitrogen and oxygen atoms in total. The van der Waals surface area contributed by atoms with Gasteiger partial charge in [-0.15, -0.1) is 0 Å². The molecule has 0 radical (unpaired) electrons. The molecule has 1 aromatic rings. The third kappa shape index (κ3) is 2.73. The van der Waals surface area contributed by atoms with Crippen molar-refractivity contribution >= 4 is 15.9 Å². The average molecular weight is 273 g/mol. The van der Waals surface area contributed by atoms with E-state index in [0.29, 0.717) is 13.1 Å². The molecule has 0 aliphatic heterocycles. The quantitative estimate of drug-likeness (QED) is 0.860. The highest BCUT2D eigenvalue weighted by Crippen LogP contribution is 2.16. The third-order valence-electron chi connectivity index (χ3n) is 2.64. The number of carbonyl (C=O) groups is 1. The lowest BCUT2D eigenvalue weighted by atomic mass is 10.4. The summed E-state index contributed by atoms with van der Waals surface area (Å²) in [6.45, 7) is 4.36. The summed E-state index contributed by atoms with van der Waals surface area (Å²) in [5.41, 5.74) is 0.269. The number of hydrogen-bond acceptors (Lipinski definition) is 3. The van der Waals surface area contributed by atoms with E-state index >= 15 is 0 Å². The molecule has 0 aliphatic carbocycles. The van der Waals surface area contributed by atoms with Crippen molar-refractivity contribution in [3.8, 4) is 0 Å². The molecule has 0 aliphatic rings. The van der Waals surface area contributed by atoms with Crippen molar-refractivity contribution < 1.29 is 13.2 Å². The molecule has 102 valence electrons. The van der Waals surface area contributed by atoms with E-state index in [1.807, 2.05) is 0 Å². The van der Waals surface area contributed by atoms with Crippen molar-refractivity contribution in [2.24, 2.45) is 0 Å². The van der Waals surface area contributed by atoms with Gasteiger partial charge in [-0.2, -0.15) is 4.31 Å². The van der Waals surface area contributed by atoms with E-state index < -0.39 is 10.0 Å². The second kappa shape index (κ2) is 5.53. The van der Waals surface area contributed by atoms with Gasteiger partial charge in [-0.3, -0.25) is 4.79 Å². The SMILES string of the molecule is CCN(CC)S(=O)(=O)c1c[nH]c(C(=O)N(C)C)c1. The fraction of sp³-hybridized carbons (Fsp3) is 0.545. The molecule has 0 aromatic carbocycles. The summed E-state index contributed by atoms with van der Waals surface area (Å²) in [5, 5.41) is 0. The van der Waals surface area contributed by atoms with Crippen LogP contribution >= 0.6 is 0 Å². The van der Waals surface area contributed by atoms with Crippen molar-refractivity contribution in [1.29, 1.82) is 0 Å². The number of carbonyl (C=O) groups excluding carboxylic acids is 1. The van der Waals surface area contributed by atoms with Crippen LogP contribution < -0.4 is 0 Å². The Hall–Kier alpha value is -1.34. The molecule has 1 heterocycles. The number of rotatable bonds is 5. The Bertz CT molecular complexity index is 515. The Labute approximate surface area is 108 Å². The van der Waals surface area contributed by atoms with Gasteiger partial charge < -0.3 is 9.88 Å². The summed E-state index contributed by atoms with van der Waals surface area (Å²) < 4.78 is 25.7. The summed E-state index contributed by atoms with van der Waals surface area (Å²) >= 11 is 0. The normalized spacial score (nSPS) is 11.8. The van der Waals surface area contributed by atoms with Crippen molar-refractivity contribution in [1.82, 2.24) is 14.2 Å². The number of nitrogens with one attached hydrogen (secondary N) is 1. The molecule has 1 aromatic heterocycles. The summed E-state index contributed by atoms with van der Waals surface area (Å²) in [6, 6.07) is 1.37. The molecule has 1 N–H and O–H groups in total. The molecule has 18 heavy (non-hydrogen) atoms. The topological polar surface area (TPSA) is 73.5 Å². The average Bonchev–Trinajstić information content (AvgIpc) is 2.78. The fourth-order valence-electron chi connectivity index (χ4n) is 1.60. The van der Waals surface area contributed by atoms with Crippen LogP contribution in [0.5, 0.6) is 0 Å². The summed E-state index contributed by atoms with van der Waals surface area (Å²) in [6.07, 6.45) is 1.35. The second-order valence-corrected chi connectivity index (χ2v) is 5.98. The number of aromatic amines is 1. The van der Waals surface area contributed by atoms with Gasteiger partial charge in [0, 0.05) is 33.4 Å². The first-order chi connectivity index (χ1) is 8.34. The molecule has 0 bridgehead atoms. The molecule has 0 saturated carbocycles. The van der Waals surface area contributed by atoms with E-state index in [1.54, 1.807) is 27.9 Å². The predicted octanol–water partition coefficient (Wildman–Crippen LogP) is 0.747. The number of sulfonamides is 1. The Morgan fingerprint density at radius 2 is 1.83 bits per heavy atom. The van der Waals surface area contributed by atoms with Crippen LogP contribution in [-0.4, -0.2) is 55.7 Å². The van der Waals surface area contributed by atoms with Crippen LogP contribution in [0.25, 0.3) is 0 Å². The van der Waals surface area contributed by atoms with E-state index in [9.17, 15) is 13.2 Å². The summed E-state index contributed by atoms with van der Waals surface area (Å²) in [5.74, 6) is -0.254. The zero-order chi connectivity index (χ0) is 13.9. The van der Waals surface area contributed by atoms with Gasteiger partial charge in [-0.1, -0.05) is 13.8 Å². The van der Waals surface area contributed by atoms with Crippen molar-refractivity contribution in [2.75, 3.05) is 27.2 Å². The molecule has 0 fully saturated rings. The molecular weight excluding hydrogens is 254 g/mol. The molecule has 0 saturated heterocycles. The molecule has 0 atom stereocenters. The largest absolute Gasteiger partial charge is 0.356 e. The van der Waals surface area contributed by atoms with E-state index in [1.165, 1.54) is 21.5 Å². The zero-order valence-corrected chi connectivity index (χ0v) is 11.9. The van der Waals surface area contributed by atoms with Crippen LogP contribution in [-0.2, 0) is 10.0 Å². The zero-order valence-electron chi connectivity index (χ0n) is 11.1. The molecule has 0 unspecified atom stereocenters. The third-order valence-corrected chi connectivity index (χ3v) is 4.66. The number of amides is 1. The maximum absolute atomic E-state index is 12.2. The highest BCUT2D eigenvalue weighted by Gasteiger charge is 2.24. The van der Waals surface area contributed by atoms with Gasteiger partial charge in [0.25, 0.3) is 5.91 Å². The van der Waals surface area contributed by atoms with Gasteiger partial charge in [0.2, 0.25) is 10.0 Å². The standard InChI is InChI=1S/C11H19N3O3S/c1-5-14(6-2)18(16,17)9-7-10(12-8-9)11(15)13(3)4/h7-8,12H,5-6H2,1-4H3. The van der Waals surface area contributed by atoms with Crippen LogP contribution in [0.4, 0.5) is 0 Å². The second-order valence-electron chi connectivity index (χ2n) is 4.04. The van der Waals surface area contributed by atoms with Gasteiger partial charge in [0.05, 0.1) is 0 Å². The molecule has 1 amide bonds. The maximum Gasteiger partial charge on any atom is 0.269 e. The van der Waals surface area contributed by atoms with E-state index in [2.05, 4.69) is 4.98 Å². The first kappa shape index (κ1) is 14.7. The monoisotopic (exact) mass is 273 g/mol. The number of nitrogens with zero attached hydrogens (tertiary/aromatic N) is 2. The predicted molar refractivity (Wildman–Crippen MR) is 68.9 cm³/mol. The minimum atomic E-state index is -3.51. The van der Waals surface area contributed by atoms with Gasteiger partial charge in [-0.05, 0) is 6.07 Å². The van der Waals surface area contributed by atoms with E-state index in [4.69, 9.17) is 0 Å². The number of H-pyrrole nitrogens is 1. The Kier molecular flexibility index (Phi) is 4.53. The van der Waals surface area contributed by atoms with E-state index in [0.717, 1.165) is 0 Å². The summed E-state index contributed by atoms with van der Waals surface area (Å²) in [4.78, 5) is 15.9. The van der Waals surface area contributed by atoms with Crippen molar-refractivity contribution in [3.05, 3.63) is 18.0 Å². The van der Waals surface area contributed by atoms with Gasteiger partial charge in [0.15, 0.2) is 0 Å². The minimum Gasteiger partial charge on any atom is -0.356 e. The Morgan fingerprint density at radius 1 is 1.28 bits per heavy atom. The van der Waals surface area contributed by atoms with Crippen molar-refractivity contribution in [3.63, 3.8) is 0 Å². The lowest BCUT2D eigenvalue weighted by Crippen LogP contribution is -2.30.